The summed E-state index contributed by atoms with van der Waals surface area (Å²) in [5.41, 5.74) is 16.5. The van der Waals surface area contributed by atoms with Crippen LogP contribution in [0.4, 0.5) is 34.1 Å². The molecule has 0 atom stereocenters. The fraction of sp³-hybridized carbons (Fsp3) is 0. The van der Waals surface area contributed by atoms with E-state index in [1.54, 1.807) is 0 Å². The number of hydrogen-bond acceptors (Lipinski definition) is 4. The quantitative estimate of drug-likeness (QED) is 0.145. The third-order valence-electron chi connectivity index (χ3n) is 13.2. The zero-order chi connectivity index (χ0) is 45.0. The second kappa shape index (κ2) is 16.4. The second-order valence-electron chi connectivity index (χ2n) is 17.2. The molecule has 2 aromatic heterocycles. The number of nitrogens with zero attached hydrogens (tertiary/aromatic N) is 2. The highest BCUT2D eigenvalue weighted by Gasteiger charge is 2.25. The molecule has 0 aliphatic heterocycles. The average molecular weight is 871 g/mol. The average Bonchev–Trinajstić information content (AvgIpc) is 3.99. The maximum absolute atomic E-state index is 6.50. The first-order chi connectivity index (χ1) is 33.7. The predicted molar refractivity (Wildman–Crippen MR) is 284 cm³/mol. The van der Waals surface area contributed by atoms with Crippen LogP contribution in [-0.4, -0.2) is 0 Å². The van der Waals surface area contributed by atoms with Crippen molar-refractivity contribution in [2.75, 3.05) is 9.80 Å². The molecule has 0 saturated carbocycles. The lowest BCUT2D eigenvalue weighted by Crippen LogP contribution is -2.12. The molecular weight excluding hydrogens is 829 g/mol. The SMILES string of the molecule is c1ccc(-c2ccccc2N(c2cccc(-c3cccc(N(c4cccc5oc6ccccc6c45)c4cccc5oc6ccccc6c45)c3)c2)c2ccc(-c3ccccc3)c3ccccc23)cc1. The molecule has 0 fully saturated rings. The van der Waals surface area contributed by atoms with E-state index in [1.807, 2.05) is 24.3 Å². The highest BCUT2D eigenvalue weighted by molar-refractivity contribution is 6.18. The molecule has 320 valence electrons. The van der Waals surface area contributed by atoms with Gasteiger partial charge in [0, 0.05) is 33.1 Å². The molecule has 2 heterocycles. The first kappa shape index (κ1) is 39.3. The summed E-state index contributed by atoms with van der Waals surface area (Å²) in [5.74, 6) is 0. The Kier molecular flexibility index (Phi) is 9.47. The lowest BCUT2D eigenvalue weighted by molar-refractivity contribution is 0.668. The third kappa shape index (κ3) is 6.61. The van der Waals surface area contributed by atoms with E-state index in [0.29, 0.717) is 0 Å². The molecule has 68 heavy (non-hydrogen) atoms. The molecule has 0 spiro atoms. The summed E-state index contributed by atoms with van der Waals surface area (Å²) < 4.78 is 13.0. The number of benzene rings is 11. The summed E-state index contributed by atoms with van der Waals surface area (Å²) in [6.07, 6.45) is 0. The van der Waals surface area contributed by atoms with Crippen molar-refractivity contribution in [1.29, 1.82) is 0 Å². The monoisotopic (exact) mass is 870 g/mol. The number of hydrogen-bond donors (Lipinski definition) is 0. The molecule has 11 aromatic carbocycles. The molecule has 0 N–H and O–H groups in total. The van der Waals surface area contributed by atoms with Crippen molar-refractivity contribution in [3.8, 4) is 33.4 Å². The van der Waals surface area contributed by atoms with Crippen molar-refractivity contribution in [1.82, 2.24) is 0 Å². The van der Waals surface area contributed by atoms with Crippen LogP contribution in [0.2, 0.25) is 0 Å². The Labute approximate surface area is 393 Å². The highest BCUT2D eigenvalue weighted by Crippen LogP contribution is 2.49. The fourth-order valence-corrected chi connectivity index (χ4v) is 10.2. The zero-order valence-corrected chi connectivity index (χ0v) is 37.0. The summed E-state index contributed by atoms with van der Waals surface area (Å²) in [5, 5.41) is 6.61. The summed E-state index contributed by atoms with van der Waals surface area (Å²) in [6.45, 7) is 0. The van der Waals surface area contributed by atoms with E-state index in [-0.39, 0.29) is 0 Å². The molecule has 0 aliphatic carbocycles. The third-order valence-corrected chi connectivity index (χ3v) is 13.2. The van der Waals surface area contributed by atoms with Crippen LogP contribution < -0.4 is 9.80 Å². The van der Waals surface area contributed by atoms with Gasteiger partial charge in [-0.3, -0.25) is 0 Å². The minimum Gasteiger partial charge on any atom is -0.456 e. The van der Waals surface area contributed by atoms with Gasteiger partial charge in [-0.05, 0) is 106 Å². The smallest absolute Gasteiger partial charge is 0.137 e. The van der Waals surface area contributed by atoms with Gasteiger partial charge in [0.1, 0.15) is 22.3 Å². The van der Waals surface area contributed by atoms with Gasteiger partial charge in [0.15, 0.2) is 0 Å². The second-order valence-corrected chi connectivity index (χ2v) is 17.2. The molecule has 4 heteroatoms. The van der Waals surface area contributed by atoms with Crippen LogP contribution in [0.25, 0.3) is 88.0 Å². The minimum atomic E-state index is 0.835. The maximum Gasteiger partial charge on any atom is 0.137 e. The Morgan fingerprint density at radius 3 is 1.24 bits per heavy atom. The van der Waals surface area contributed by atoms with Crippen molar-refractivity contribution in [2.45, 2.75) is 0 Å². The van der Waals surface area contributed by atoms with Gasteiger partial charge in [0.05, 0.1) is 33.5 Å². The van der Waals surface area contributed by atoms with Crippen LogP contribution in [0.1, 0.15) is 0 Å². The molecule has 0 radical (unpaired) electrons. The summed E-state index contributed by atoms with van der Waals surface area (Å²) in [7, 11) is 0. The molecule has 0 saturated heterocycles. The van der Waals surface area contributed by atoms with Crippen LogP contribution in [0.15, 0.2) is 264 Å². The lowest BCUT2D eigenvalue weighted by atomic mass is 9.95. The van der Waals surface area contributed by atoms with Crippen LogP contribution >= 0.6 is 0 Å². The number of rotatable bonds is 9. The zero-order valence-electron chi connectivity index (χ0n) is 37.0. The Morgan fingerprint density at radius 2 is 0.647 bits per heavy atom. The van der Waals surface area contributed by atoms with Crippen molar-refractivity contribution in [3.05, 3.63) is 255 Å². The van der Waals surface area contributed by atoms with Gasteiger partial charge in [-0.25, -0.2) is 0 Å². The van der Waals surface area contributed by atoms with E-state index < -0.39 is 0 Å². The van der Waals surface area contributed by atoms with E-state index in [2.05, 4.69) is 240 Å². The number of para-hydroxylation sites is 3. The number of anilines is 6. The van der Waals surface area contributed by atoms with E-state index in [4.69, 9.17) is 8.83 Å². The lowest BCUT2D eigenvalue weighted by Gasteiger charge is -2.30. The summed E-state index contributed by atoms with van der Waals surface area (Å²) >= 11 is 0. The molecular formula is C64H42N2O2. The normalized spacial score (nSPS) is 11.5. The van der Waals surface area contributed by atoms with Gasteiger partial charge in [-0.15, -0.1) is 0 Å². The van der Waals surface area contributed by atoms with Crippen molar-refractivity contribution < 1.29 is 8.83 Å². The van der Waals surface area contributed by atoms with E-state index >= 15 is 0 Å². The standard InChI is InChI=1S/C64H42N2O2/c1-3-19-43(20-4-1)49-39-40-56(52-29-8-7-28-51(49)52)65(55-32-12-9-27-50(55)44-21-5-2-6-22-44)47-25-15-23-45(41-47)46-24-16-26-48(42-46)66(57-33-17-37-61-63(57)53-30-10-13-35-59(53)67-61)58-34-18-38-62-64(58)54-31-11-14-36-60(54)68-62/h1-42H. The summed E-state index contributed by atoms with van der Waals surface area (Å²) in [6, 6.07) is 90.7. The Hall–Kier alpha value is -9.12. The Morgan fingerprint density at radius 1 is 0.235 bits per heavy atom. The predicted octanol–water partition coefficient (Wildman–Crippen LogP) is 18.6. The molecule has 0 amide bonds. The van der Waals surface area contributed by atoms with Gasteiger partial charge in [-0.2, -0.15) is 0 Å². The fourth-order valence-electron chi connectivity index (χ4n) is 10.2. The molecule has 0 unspecified atom stereocenters. The molecule has 4 nitrogen and oxygen atoms in total. The van der Waals surface area contributed by atoms with Gasteiger partial charge in [0.2, 0.25) is 0 Å². The van der Waals surface area contributed by atoms with Crippen molar-refractivity contribution >= 4 is 88.8 Å². The van der Waals surface area contributed by atoms with Crippen molar-refractivity contribution in [3.63, 3.8) is 0 Å². The van der Waals surface area contributed by atoms with Gasteiger partial charge in [0.25, 0.3) is 0 Å². The van der Waals surface area contributed by atoms with E-state index in [0.717, 1.165) is 100 Å². The van der Waals surface area contributed by atoms with Gasteiger partial charge < -0.3 is 18.6 Å². The molecule has 0 bridgehead atoms. The number of furan rings is 2. The Bertz CT molecular complexity index is 3890. The largest absolute Gasteiger partial charge is 0.456 e. The number of fused-ring (bicyclic) bond motifs is 7. The first-order valence-electron chi connectivity index (χ1n) is 23.1. The Balaban J connectivity index is 1.01. The molecule has 0 aliphatic rings. The van der Waals surface area contributed by atoms with Gasteiger partial charge in [-0.1, -0.05) is 182 Å². The van der Waals surface area contributed by atoms with E-state index in [1.165, 1.54) is 21.9 Å². The van der Waals surface area contributed by atoms with Gasteiger partial charge >= 0.3 is 0 Å². The van der Waals surface area contributed by atoms with Crippen LogP contribution in [-0.2, 0) is 0 Å². The van der Waals surface area contributed by atoms with Crippen molar-refractivity contribution in [2.24, 2.45) is 0 Å². The van der Waals surface area contributed by atoms with Crippen LogP contribution in [0.3, 0.4) is 0 Å². The topological polar surface area (TPSA) is 32.8 Å². The molecule has 13 aromatic rings. The molecule has 13 rings (SSSR count). The van der Waals surface area contributed by atoms with Crippen LogP contribution in [0, 0.1) is 0 Å². The first-order valence-corrected chi connectivity index (χ1v) is 23.1. The van der Waals surface area contributed by atoms with E-state index in [9.17, 15) is 0 Å². The highest BCUT2D eigenvalue weighted by atomic mass is 16.3. The maximum atomic E-state index is 6.50. The van der Waals surface area contributed by atoms with Crippen LogP contribution in [0.5, 0.6) is 0 Å². The minimum absolute atomic E-state index is 0.835. The summed E-state index contributed by atoms with van der Waals surface area (Å²) in [4.78, 5) is 4.82.